The maximum absolute atomic E-state index is 14.3. The second-order valence-electron chi connectivity index (χ2n) is 5.65. The summed E-state index contributed by atoms with van der Waals surface area (Å²) in [7, 11) is 3.13. The minimum Gasteiger partial charge on any atom is -0.497 e. The fourth-order valence-electron chi connectivity index (χ4n) is 2.53. The van der Waals surface area contributed by atoms with Gasteiger partial charge in [-0.1, -0.05) is 6.07 Å². The molecule has 7 nitrogen and oxygen atoms in total. The van der Waals surface area contributed by atoms with Gasteiger partial charge in [0.25, 0.3) is 0 Å². The van der Waals surface area contributed by atoms with Crippen LogP contribution in [-0.2, 0) is 6.54 Å². The molecule has 0 fully saturated rings. The van der Waals surface area contributed by atoms with Gasteiger partial charge in [0.05, 0.1) is 38.5 Å². The van der Waals surface area contributed by atoms with Gasteiger partial charge in [-0.2, -0.15) is 0 Å². The Morgan fingerprint density at radius 1 is 1.21 bits per heavy atom. The molecule has 0 radical (unpaired) electrons. The lowest BCUT2D eigenvalue weighted by atomic mass is 10.2. The van der Waals surface area contributed by atoms with E-state index >= 15 is 0 Å². The molecule has 28 heavy (non-hydrogen) atoms. The fourth-order valence-corrected chi connectivity index (χ4v) is 2.53. The molecule has 0 unspecified atom stereocenters. The molecule has 0 saturated heterocycles. The van der Waals surface area contributed by atoms with Crippen molar-refractivity contribution >= 4 is 35.6 Å². The van der Waals surface area contributed by atoms with Gasteiger partial charge in [0.1, 0.15) is 17.3 Å². The van der Waals surface area contributed by atoms with Crippen LogP contribution in [0.5, 0.6) is 11.5 Å². The molecule has 1 heterocycles. The summed E-state index contributed by atoms with van der Waals surface area (Å²) in [5.74, 6) is 1.08. The van der Waals surface area contributed by atoms with Crippen LogP contribution in [0, 0.1) is 5.82 Å². The predicted molar refractivity (Wildman–Crippen MR) is 117 cm³/mol. The number of ether oxygens (including phenoxy) is 2. The maximum atomic E-state index is 14.3. The fraction of sp³-hybridized carbons (Fsp3) is 0.158. The Morgan fingerprint density at radius 2 is 2.04 bits per heavy atom. The summed E-state index contributed by atoms with van der Waals surface area (Å²) in [4.78, 5) is 8.17. The number of imidazole rings is 1. The normalized spacial score (nSPS) is 10.9. The number of rotatable bonds is 6. The molecule has 148 valence electrons. The van der Waals surface area contributed by atoms with Crippen LogP contribution < -0.4 is 20.5 Å². The van der Waals surface area contributed by atoms with E-state index in [-0.39, 0.29) is 42.3 Å². The van der Waals surface area contributed by atoms with Crippen LogP contribution in [0.3, 0.4) is 0 Å². The molecule has 9 heteroatoms. The lowest BCUT2D eigenvalue weighted by Crippen LogP contribution is -2.23. The third kappa shape index (κ3) is 5.12. The summed E-state index contributed by atoms with van der Waals surface area (Å²) < 4.78 is 26.4. The molecule has 0 bridgehead atoms. The van der Waals surface area contributed by atoms with E-state index < -0.39 is 0 Å². The largest absolute Gasteiger partial charge is 0.497 e. The molecule has 1 aromatic heterocycles. The molecule has 0 spiro atoms. The van der Waals surface area contributed by atoms with E-state index in [0.717, 1.165) is 0 Å². The molecule has 0 amide bonds. The van der Waals surface area contributed by atoms with Crippen molar-refractivity contribution in [3.8, 4) is 17.2 Å². The first kappa shape index (κ1) is 21.5. The number of aromatic nitrogens is 2. The van der Waals surface area contributed by atoms with E-state index in [1.54, 1.807) is 67.8 Å². The monoisotopic (exact) mass is 497 g/mol. The third-order valence-corrected chi connectivity index (χ3v) is 3.90. The average Bonchev–Trinajstić information content (AvgIpc) is 3.20. The number of halogens is 2. The number of anilines is 1. The highest BCUT2D eigenvalue weighted by Crippen LogP contribution is 2.28. The van der Waals surface area contributed by atoms with Crippen LogP contribution in [0.15, 0.2) is 60.1 Å². The lowest BCUT2D eigenvalue weighted by molar-refractivity contribution is 0.405. The highest BCUT2D eigenvalue weighted by Gasteiger charge is 2.07. The summed E-state index contributed by atoms with van der Waals surface area (Å²) in [5.41, 5.74) is 7.69. The predicted octanol–water partition coefficient (Wildman–Crippen LogP) is 3.57. The van der Waals surface area contributed by atoms with Crippen molar-refractivity contribution in [1.82, 2.24) is 9.55 Å². The van der Waals surface area contributed by atoms with E-state index in [0.29, 0.717) is 28.4 Å². The highest BCUT2D eigenvalue weighted by molar-refractivity contribution is 14.0. The number of aliphatic imine (C=N–C) groups is 1. The van der Waals surface area contributed by atoms with Crippen LogP contribution in [0.2, 0.25) is 0 Å². The molecular formula is C19H21FIN5O2. The zero-order chi connectivity index (χ0) is 19.2. The number of methoxy groups -OCH3 is 2. The van der Waals surface area contributed by atoms with Gasteiger partial charge in [0, 0.05) is 18.5 Å². The van der Waals surface area contributed by atoms with Crippen LogP contribution >= 0.6 is 24.0 Å². The molecule has 3 N–H and O–H groups in total. The Kier molecular flexibility index (Phi) is 7.61. The topological polar surface area (TPSA) is 86.7 Å². The molecule has 2 aromatic carbocycles. The van der Waals surface area contributed by atoms with Crippen LogP contribution in [-0.4, -0.2) is 29.7 Å². The van der Waals surface area contributed by atoms with Crippen molar-refractivity contribution in [2.24, 2.45) is 10.7 Å². The van der Waals surface area contributed by atoms with Gasteiger partial charge in [-0.05, 0) is 29.8 Å². The lowest BCUT2D eigenvalue weighted by Gasteiger charge is -2.12. The third-order valence-electron chi connectivity index (χ3n) is 3.90. The van der Waals surface area contributed by atoms with Crippen molar-refractivity contribution in [2.75, 3.05) is 19.5 Å². The summed E-state index contributed by atoms with van der Waals surface area (Å²) in [6, 6.07) is 10.2. The Morgan fingerprint density at radius 3 is 2.68 bits per heavy atom. The first-order valence-corrected chi connectivity index (χ1v) is 8.16. The number of guanidine groups is 1. The number of benzene rings is 2. The summed E-state index contributed by atoms with van der Waals surface area (Å²) in [6.07, 6.45) is 4.82. The van der Waals surface area contributed by atoms with Crippen molar-refractivity contribution in [2.45, 2.75) is 6.54 Å². The molecule has 3 aromatic rings. The number of nitrogens with one attached hydrogen (secondary N) is 1. The van der Waals surface area contributed by atoms with E-state index in [4.69, 9.17) is 15.2 Å². The Bertz CT molecular complexity index is 948. The molecule has 0 atom stereocenters. The van der Waals surface area contributed by atoms with Crippen molar-refractivity contribution in [3.05, 3.63) is 66.5 Å². The summed E-state index contributed by atoms with van der Waals surface area (Å²) >= 11 is 0. The zero-order valence-electron chi connectivity index (χ0n) is 15.4. The number of nitrogens with zero attached hydrogens (tertiary/aromatic N) is 3. The molecule has 0 aliphatic heterocycles. The Hall–Kier alpha value is -2.82. The molecule has 0 aliphatic rings. The Balaban J connectivity index is 0.00000280. The summed E-state index contributed by atoms with van der Waals surface area (Å²) in [5, 5.41) is 2.97. The molecule has 0 aliphatic carbocycles. The van der Waals surface area contributed by atoms with Gasteiger partial charge in [-0.25, -0.2) is 14.4 Å². The number of hydrogen-bond donors (Lipinski definition) is 2. The van der Waals surface area contributed by atoms with Crippen molar-refractivity contribution < 1.29 is 13.9 Å². The van der Waals surface area contributed by atoms with Crippen molar-refractivity contribution in [1.29, 1.82) is 0 Å². The minimum atomic E-state index is -0.360. The first-order valence-electron chi connectivity index (χ1n) is 8.16. The SMILES string of the molecule is COc1ccc(OC)c(NC(N)=NCc2ccc(-n3ccnc3)c(F)c2)c1.I. The summed E-state index contributed by atoms with van der Waals surface area (Å²) in [6.45, 7) is 0.228. The quantitative estimate of drug-likeness (QED) is 0.309. The highest BCUT2D eigenvalue weighted by atomic mass is 127. The zero-order valence-corrected chi connectivity index (χ0v) is 17.8. The molecular weight excluding hydrogens is 476 g/mol. The van der Waals surface area contributed by atoms with Crippen LogP contribution in [0.25, 0.3) is 5.69 Å². The molecule has 3 rings (SSSR count). The standard InChI is InChI=1S/C19H20FN5O2.HI/c1-26-14-4-6-18(27-2)16(10-14)24-19(21)23-11-13-3-5-17(15(20)9-13)25-8-7-22-12-25;/h3-10,12H,11H2,1-2H3,(H3,21,23,24);1H. The van der Waals surface area contributed by atoms with E-state index in [1.165, 1.54) is 6.07 Å². The first-order chi connectivity index (χ1) is 13.1. The minimum absolute atomic E-state index is 0. The van der Waals surface area contributed by atoms with E-state index in [1.807, 2.05) is 0 Å². The van der Waals surface area contributed by atoms with Gasteiger partial charge in [0.15, 0.2) is 5.96 Å². The van der Waals surface area contributed by atoms with Crippen LogP contribution in [0.1, 0.15) is 5.56 Å². The van der Waals surface area contributed by atoms with E-state index in [9.17, 15) is 4.39 Å². The second-order valence-corrected chi connectivity index (χ2v) is 5.65. The van der Waals surface area contributed by atoms with Crippen LogP contribution in [0.4, 0.5) is 10.1 Å². The molecule has 0 saturated carbocycles. The smallest absolute Gasteiger partial charge is 0.193 e. The Labute approximate surface area is 179 Å². The average molecular weight is 497 g/mol. The number of hydrogen-bond acceptors (Lipinski definition) is 4. The van der Waals surface area contributed by atoms with Gasteiger partial charge in [-0.3, -0.25) is 0 Å². The van der Waals surface area contributed by atoms with E-state index in [2.05, 4.69) is 15.3 Å². The van der Waals surface area contributed by atoms with Gasteiger partial charge in [0.2, 0.25) is 0 Å². The van der Waals surface area contributed by atoms with Gasteiger partial charge in [-0.15, -0.1) is 24.0 Å². The maximum Gasteiger partial charge on any atom is 0.193 e. The van der Waals surface area contributed by atoms with Crippen molar-refractivity contribution in [3.63, 3.8) is 0 Å². The van der Waals surface area contributed by atoms with Gasteiger partial charge >= 0.3 is 0 Å². The van der Waals surface area contributed by atoms with Gasteiger partial charge < -0.3 is 25.1 Å². The number of nitrogens with two attached hydrogens (primary N) is 1. The second kappa shape index (κ2) is 9.93.